The second-order valence-electron chi connectivity index (χ2n) is 8.91. The van der Waals surface area contributed by atoms with Crippen LogP contribution < -0.4 is 5.32 Å². The maximum absolute atomic E-state index is 10.9. The third-order valence-corrected chi connectivity index (χ3v) is 7.16. The van der Waals surface area contributed by atoms with Crippen LogP contribution in [0.3, 0.4) is 0 Å². The molecule has 6 aliphatic rings. The minimum atomic E-state index is -0.393. The van der Waals surface area contributed by atoms with Crippen molar-refractivity contribution in [3.63, 3.8) is 0 Å². The van der Waals surface area contributed by atoms with Gasteiger partial charge in [-0.2, -0.15) is 0 Å². The average Bonchev–Trinajstić information content (AvgIpc) is 3.27. The molecular formula is C21H25N3O2. The summed E-state index contributed by atoms with van der Waals surface area (Å²) in [5.41, 5.74) is 4.09. The number of aliphatic hydroxyl groups is 1. The molecule has 0 aromatic carbocycles. The molecule has 4 fully saturated rings. The molecule has 1 aromatic heterocycles. The summed E-state index contributed by atoms with van der Waals surface area (Å²) in [5, 5.41) is 14.8. The van der Waals surface area contributed by atoms with Gasteiger partial charge in [0.15, 0.2) is 0 Å². The Labute approximate surface area is 153 Å². The van der Waals surface area contributed by atoms with Crippen molar-refractivity contribution < 1.29 is 9.84 Å². The maximum atomic E-state index is 10.9. The highest BCUT2D eigenvalue weighted by atomic mass is 16.5. The number of fused-ring (bicyclic) bond motifs is 1. The van der Waals surface area contributed by atoms with E-state index in [1.54, 1.807) is 0 Å². The Kier molecular flexibility index (Phi) is 3.11. The van der Waals surface area contributed by atoms with Crippen molar-refractivity contribution in [1.82, 2.24) is 4.98 Å². The molecule has 7 rings (SSSR count). The molecule has 2 N–H and O–H groups in total. The molecule has 2 heterocycles. The first-order chi connectivity index (χ1) is 12.7. The molecule has 5 aliphatic carbocycles. The first-order valence-electron chi connectivity index (χ1n) is 10.0. The molecule has 1 aliphatic heterocycles. The monoisotopic (exact) mass is 351 g/mol. The second-order valence-corrected chi connectivity index (χ2v) is 8.91. The van der Waals surface area contributed by atoms with Gasteiger partial charge in [0.25, 0.3) is 0 Å². The van der Waals surface area contributed by atoms with Crippen LogP contribution in [0.1, 0.15) is 48.9 Å². The average molecular weight is 351 g/mol. The van der Waals surface area contributed by atoms with Crippen LogP contribution in [0, 0.1) is 17.8 Å². The van der Waals surface area contributed by atoms with Crippen molar-refractivity contribution in [2.75, 3.05) is 18.5 Å². The van der Waals surface area contributed by atoms with E-state index in [4.69, 9.17) is 4.74 Å². The summed E-state index contributed by atoms with van der Waals surface area (Å²) in [6, 6.07) is 0.438. The highest BCUT2D eigenvalue weighted by Gasteiger charge is 2.54. The lowest BCUT2D eigenvalue weighted by atomic mass is 9.52. The lowest BCUT2D eigenvalue weighted by Crippen LogP contribution is -2.59. The van der Waals surface area contributed by atoms with Crippen molar-refractivity contribution in [2.45, 2.75) is 50.2 Å². The molecular weight excluding hydrogens is 326 g/mol. The van der Waals surface area contributed by atoms with E-state index in [0.717, 1.165) is 61.0 Å². The Morgan fingerprint density at radius 3 is 2.77 bits per heavy atom. The van der Waals surface area contributed by atoms with E-state index < -0.39 is 5.60 Å². The van der Waals surface area contributed by atoms with Crippen LogP contribution >= 0.6 is 0 Å². The fourth-order valence-corrected chi connectivity index (χ4v) is 6.40. The number of aliphatic imine (C=N–C) groups is 1. The molecule has 1 aromatic rings. The van der Waals surface area contributed by atoms with E-state index in [-0.39, 0.29) is 0 Å². The number of nitrogens with one attached hydrogen (secondary N) is 1. The highest BCUT2D eigenvalue weighted by Crippen LogP contribution is 2.56. The number of ether oxygens (including phenoxy) is 1. The van der Waals surface area contributed by atoms with Crippen LogP contribution in [0.25, 0.3) is 6.08 Å². The number of allylic oxidation sites excluding steroid dienone is 1. The van der Waals surface area contributed by atoms with Gasteiger partial charge >= 0.3 is 0 Å². The molecule has 4 saturated carbocycles. The van der Waals surface area contributed by atoms with Gasteiger partial charge in [0, 0.05) is 24.2 Å². The minimum Gasteiger partial charge on any atom is -0.475 e. The summed E-state index contributed by atoms with van der Waals surface area (Å²) in [6.45, 7) is 1.39. The van der Waals surface area contributed by atoms with Gasteiger partial charge in [-0.1, -0.05) is 12.2 Å². The smallest absolute Gasteiger partial charge is 0.220 e. The minimum absolute atomic E-state index is 0.393. The van der Waals surface area contributed by atoms with Crippen LogP contribution in [0.4, 0.5) is 5.69 Å². The van der Waals surface area contributed by atoms with E-state index in [0.29, 0.717) is 24.5 Å². The molecule has 4 bridgehead atoms. The molecule has 5 heteroatoms. The normalized spacial score (nSPS) is 39.0. The summed E-state index contributed by atoms with van der Waals surface area (Å²) >= 11 is 0. The molecule has 136 valence electrons. The standard InChI is InChI=1S/C21H25N3O2/c25-21-8-12-6-13(9-21)18(14(7-12)10-21)24-19-15-2-1-3-17(15)23-11-16(19)20-22-4-5-26-20/h1-2,11-14,18,25H,3-10H2,(H,23,24). The zero-order valence-electron chi connectivity index (χ0n) is 14.9. The highest BCUT2D eigenvalue weighted by molar-refractivity contribution is 6.02. The first kappa shape index (κ1) is 15.2. The van der Waals surface area contributed by atoms with Crippen molar-refractivity contribution in [1.29, 1.82) is 0 Å². The van der Waals surface area contributed by atoms with Gasteiger partial charge in [0.1, 0.15) is 6.61 Å². The van der Waals surface area contributed by atoms with E-state index >= 15 is 0 Å². The third kappa shape index (κ3) is 2.19. The van der Waals surface area contributed by atoms with E-state index in [2.05, 4.69) is 27.4 Å². The number of hydrogen-bond acceptors (Lipinski definition) is 5. The Bertz CT molecular complexity index is 815. The first-order valence-corrected chi connectivity index (χ1v) is 10.0. The predicted molar refractivity (Wildman–Crippen MR) is 100 cm³/mol. The summed E-state index contributed by atoms with van der Waals surface area (Å²) in [4.78, 5) is 9.19. The molecule has 2 unspecified atom stereocenters. The Morgan fingerprint density at radius 2 is 2.04 bits per heavy atom. The van der Waals surface area contributed by atoms with Crippen LogP contribution in [-0.4, -0.2) is 40.8 Å². The Balaban J connectivity index is 1.39. The van der Waals surface area contributed by atoms with Gasteiger partial charge in [-0.05, 0) is 49.9 Å². The SMILES string of the molecule is OC12CC3CC(C1)C(Nc1c(C4=NCCO4)cnc4c1C=CC4)C(C3)C2. The molecule has 0 radical (unpaired) electrons. The van der Waals surface area contributed by atoms with Gasteiger partial charge in [0.05, 0.1) is 29.1 Å². The molecule has 0 amide bonds. The summed E-state index contributed by atoms with van der Waals surface area (Å²) < 4.78 is 5.77. The van der Waals surface area contributed by atoms with E-state index in [9.17, 15) is 5.11 Å². The number of pyridine rings is 1. The van der Waals surface area contributed by atoms with Gasteiger partial charge in [-0.15, -0.1) is 0 Å². The maximum Gasteiger partial charge on any atom is 0.220 e. The predicted octanol–water partition coefficient (Wildman–Crippen LogP) is 2.78. The van der Waals surface area contributed by atoms with E-state index in [1.165, 1.54) is 18.4 Å². The van der Waals surface area contributed by atoms with Crippen molar-refractivity contribution in [3.8, 4) is 0 Å². The molecule has 26 heavy (non-hydrogen) atoms. The second kappa shape index (κ2) is 5.32. The number of nitrogens with zero attached hydrogens (tertiary/aromatic N) is 2. The lowest BCUT2D eigenvalue weighted by molar-refractivity contribution is -0.129. The van der Waals surface area contributed by atoms with Gasteiger partial charge in [0.2, 0.25) is 5.90 Å². The van der Waals surface area contributed by atoms with Crippen LogP contribution in [0.5, 0.6) is 0 Å². The Hall–Kier alpha value is -1.88. The number of anilines is 1. The van der Waals surface area contributed by atoms with Crippen LogP contribution in [-0.2, 0) is 11.2 Å². The molecule has 0 saturated heterocycles. The quantitative estimate of drug-likeness (QED) is 0.879. The number of hydrogen-bond donors (Lipinski definition) is 2. The zero-order valence-corrected chi connectivity index (χ0v) is 14.9. The number of aromatic nitrogens is 1. The summed E-state index contributed by atoms with van der Waals surface area (Å²) in [7, 11) is 0. The van der Waals surface area contributed by atoms with Crippen molar-refractivity contribution in [3.05, 3.63) is 29.1 Å². The molecule has 5 nitrogen and oxygen atoms in total. The fraction of sp³-hybridized carbons (Fsp3) is 0.619. The Morgan fingerprint density at radius 1 is 1.19 bits per heavy atom. The molecule has 2 atom stereocenters. The summed E-state index contributed by atoms with van der Waals surface area (Å²) in [6.07, 6.45) is 12.6. The largest absolute Gasteiger partial charge is 0.475 e. The number of rotatable bonds is 3. The topological polar surface area (TPSA) is 66.7 Å². The van der Waals surface area contributed by atoms with Crippen LogP contribution in [0.15, 0.2) is 17.3 Å². The van der Waals surface area contributed by atoms with E-state index in [1.807, 2.05) is 6.20 Å². The van der Waals surface area contributed by atoms with Gasteiger partial charge in [-0.3, -0.25) is 4.98 Å². The summed E-state index contributed by atoms with van der Waals surface area (Å²) in [5.74, 6) is 2.59. The zero-order chi connectivity index (χ0) is 17.3. The van der Waals surface area contributed by atoms with Gasteiger partial charge < -0.3 is 15.2 Å². The van der Waals surface area contributed by atoms with Crippen molar-refractivity contribution >= 4 is 17.7 Å². The fourth-order valence-electron chi connectivity index (χ4n) is 6.40. The van der Waals surface area contributed by atoms with Crippen LogP contribution in [0.2, 0.25) is 0 Å². The van der Waals surface area contributed by atoms with Crippen molar-refractivity contribution in [2.24, 2.45) is 22.7 Å². The molecule has 0 spiro atoms. The van der Waals surface area contributed by atoms with Gasteiger partial charge in [-0.25, -0.2) is 4.99 Å². The third-order valence-electron chi connectivity index (χ3n) is 7.16. The lowest BCUT2D eigenvalue weighted by Gasteiger charge is -2.58.